The minimum absolute atomic E-state index is 0.360. The smallest absolute Gasteiger partial charge is 0.0809 e. The quantitative estimate of drug-likeness (QED) is 0.473. The molecule has 2 heteroatoms. The van der Waals surface area contributed by atoms with Crippen molar-refractivity contribution in [2.45, 2.75) is 116 Å². The first kappa shape index (κ1) is 20.6. The van der Waals surface area contributed by atoms with E-state index in [-0.39, 0.29) is 0 Å². The SMILES string of the molecule is CCCC1CCC(C2CCC(CCC3CCC(OCC)CO3)CC2)CC1. The maximum Gasteiger partial charge on any atom is 0.0809 e. The Balaban J connectivity index is 1.27. The number of rotatable bonds is 8. The van der Waals surface area contributed by atoms with E-state index < -0.39 is 0 Å². The van der Waals surface area contributed by atoms with Crippen LogP contribution in [-0.2, 0) is 9.47 Å². The Morgan fingerprint density at radius 1 is 0.692 bits per heavy atom. The highest BCUT2D eigenvalue weighted by molar-refractivity contribution is 4.82. The van der Waals surface area contributed by atoms with Gasteiger partial charge in [0.1, 0.15) is 0 Å². The Morgan fingerprint density at radius 2 is 1.31 bits per heavy atom. The van der Waals surface area contributed by atoms with Crippen molar-refractivity contribution >= 4 is 0 Å². The van der Waals surface area contributed by atoms with Crippen LogP contribution in [0.3, 0.4) is 0 Å². The Hall–Kier alpha value is -0.0800. The van der Waals surface area contributed by atoms with Crippen molar-refractivity contribution < 1.29 is 9.47 Å². The molecule has 1 saturated heterocycles. The minimum Gasteiger partial charge on any atom is -0.376 e. The molecule has 2 saturated carbocycles. The molecule has 0 spiro atoms. The highest BCUT2D eigenvalue weighted by Crippen LogP contribution is 2.43. The molecule has 2 unspecified atom stereocenters. The maximum absolute atomic E-state index is 6.06. The molecule has 2 atom stereocenters. The molecule has 1 aliphatic heterocycles. The lowest BCUT2D eigenvalue weighted by atomic mass is 9.68. The van der Waals surface area contributed by atoms with Gasteiger partial charge in [-0.2, -0.15) is 0 Å². The topological polar surface area (TPSA) is 18.5 Å². The summed E-state index contributed by atoms with van der Waals surface area (Å²) >= 11 is 0. The van der Waals surface area contributed by atoms with E-state index in [4.69, 9.17) is 9.47 Å². The molecule has 1 heterocycles. The van der Waals surface area contributed by atoms with Crippen LogP contribution >= 0.6 is 0 Å². The zero-order valence-electron chi connectivity index (χ0n) is 17.6. The van der Waals surface area contributed by atoms with E-state index in [0.29, 0.717) is 12.2 Å². The van der Waals surface area contributed by atoms with Gasteiger partial charge in [-0.25, -0.2) is 0 Å². The zero-order valence-corrected chi connectivity index (χ0v) is 17.6. The molecule has 26 heavy (non-hydrogen) atoms. The Kier molecular flexibility index (Phi) is 8.78. The van der Waals surface area contributed by atoms with Crippen LogP contribution in [0.4, 0.5) is 0 Å². The first-order valence-corrected chi connectivity index (χ1v) is 12.0. The van der Waals surface area contributed by atoms with Gasteiger partial charge in [0.05, 0.1) is 18.8 Å². The molecule has 0 aromatic rings. The van der Waals surface area contributed by atoms with E-state index in [1.165, 1.54) is 89.9 Å². The van der Waals surface area contributed by atoms with Gasteiger partial charge < -0.3 is 9.47 Å². The molecule has 2 nitrogen and oxygen atoms in total. The standard InChI is InChI=1S/C24H44O2/c1-3-5-19-6-11-21(12-7-19)22-13-8-20(9-14-22)10-15-23-16-17-24(18-26-23)25-4-2/h19-24H,3-18H2,1-2H3. The molecule has 3 aliphatic rings. The lowest BCUT2D eigenvalue weighted by Gasteiger charge is -2.38. The van der Waals surface area contributed by atoms with Crippen molar-refractivity contribution in [2.75, 3.05) is 13.2 Å². The van der Waals surface area contributed by atoms with E-state index in [2.05, 4.69) is 13.8 Å². The maximum atomic E-state index is 6.06. The van der Waals surface area contributed by atoms with Gasteiger partial charge in [0.2, 0.25) is 0 Å². The first-order valence-electron chi connectivity index (χ1n) is 12.0. The van der Waals surface area contributed by atoms with Gasteiger partial charge in [0.15, 0.2) is 0 Å². The summed E-state index contributed by atoms with van der Waals surface area (Å²) in [6.07, 6.45) is 21.0. The zero-order chi connectivity index (χ0) is 18.2. The summed E-state index contributed by atoms with van der Waals surface area (Å²) in [5, 5.41) is 0. The molecule has 0 radical (unpaired) electrons. The molecule has 3 rings (SSSR count). The molecular formula is C24H44O2. The second kappa shape index (κ2) is 11.1. The summed E-state index contributed by atoms with van der Waals surface area (Å²) in [5.41, 5.74) is 0. The summed E-state index contributed by atoms with van der Waals surface area (Å²) in [7, 11) is 0. The van der Waals surface area contributed by atoms with Crippen molar-refractivity contribution in [3.05, 3.63) is 0 Å². The lowest BCUT2D eigenvalue weighted by molar-refractivity contribution is -0.0861. The summed E-state index contributed by atoms with van der Waals surface area (Å²) < 4.78 is 11.7. The average Bonchev–Trinajstić information content (AvgIpc) is 2.69. The van der Waals surface area contributed by atoms with Crippen LogP contribution in [0.2, 0.25) is 0 Å². The predicted molar refractivity (Wildman–Crippen MR) is 109 cm³/mol. The van der Waals surface area contributed by atoms with Crippen molar-refractivity contribution in [3.63, 3.8) is 0 Å². The molecule has 0 N–H and O–H groups in total. The average molecular weight is 365 g/mol. The third-order valence-corrected chi connectivity index (χ3v) is 7.77. The number of hydrogen-bond acceptors (Lipinski definition) is 2. The van der Waals surface area contributed by atoms with Crippen LogP contribution in [0.1, 0.15) is 104 Å². The monoisotopic (exact) mass is 364 g/mol. The Bertz CT molecular complexity index is 358. The fourth-order valence-electron chi connectivity index (χ4n) is 6.10. The van der Waals surface area contributed by atoms with E-state index >= 15 is 0 Å². The normalized spacial score (nSPS) is 39.0. The molecule has 152 valence electrons. The van der Waals surface area contributed by atoms with E-state index in [9.17, 15) is 0 Å². The summed E-state index contributed by atoms with van der Waals surface area (Å²) in [6, 6.07) is 0. The summed E-state index contributed by atoms with van der Waals surface area (Å²) in [5.74, 6) is 4.18. The predicted octanol–water partition coefficient (Wildman–Crippen LogP) is 6.76. The molecule has 3 fully saturated rings. The van der Waals surface area contributed by atoms with Crippen molar-refractivity contribution in [2.24, 2.45) is 23.7 Å². The summed E-state index contributed by atoms with van der Waals surface area (Å²) in [4.78, 5) is 0. The summed E-state index contributed by atoms with van der Waals surface area (Å²) in [6.45, 7) is 6.08. The van der Waals surface area contributed by atoms with E-state index in [0.717, 1.165) is 36.9 Å². The van der Waals surface area contributed by atoms with Gasteiger partial charge >= 0.3 is 0 Å². The lowest BCUT2D eigenvalue weighted by Crippen LogP contribution is -2.32. The third-order valence-electron chi connectivity index (χ3n) is 7.77. The van der Waals surface area contributed by atoms with Crippen LogP contribution in [-0.4, -0.2) is 25.4 Å². The van der Waals surface area contributed by atoms with E-state index in [1.807, 2.05) is 0 Å². The fourth-order valence-corrected chi connectivity index (χ4v) is 6.10. The van der Waals surface area contributed by atoms with E-state index in [1.54, 1.807) is 0 Å². The minimum atomic E-state index is 0.360. The van der Waals surface area contributed by atoms with Crippen LogP contribution < -0.4 is 0 Å². The van der Waals surface area contributed by atoms with Crippen molar-refractivity contribution in [1.29, 1.82) is 0 Å². The molecule has 0 aromatic heterocycles. The third kappa shape index (κ3) is 6.23. The molecule has 0 bridgehead atoms. The second-order valence-electron chi connectivity index (χ2n) is 9.54. The second-order valence-corrected chi connectivity index (χ2v) is 9.54. The highest BCUT2D eigenvalue weighted by Gasteiger charge is 2.31. The van der Waals surface area contributed by atoms with Crippen LogP contribution in [0.5, 0.6) is 0 Å². The van der Waals surface area contributed by atoms with Gasteiger partial charge in [0.25, 0.3) is 0 Å². The van der Waals surface area contributed by atoms with Gasteiger partial charge in [-0.3, -0.25) is 0 Å². The molecule has 0 amide bonds. The van der Waals surface area contributed by atoms with Gasteiger partial charge in [-0.05, 0) is 82.0 Å². The Labute approximate surface area is 162 Å². The number of ether oxygens (including phenoxy) is 2. The molecule has 2 aliphatic carbocycles. The van der Waals surface area contributed by atoms with Crippen LogP contribution in [0, 0.1) is 23.7 Å². The molecule has 0 aromatic carbocycles. The van der Waals surface area contributed by atoms with Crippen molar-refractivity contribution in [1.82, 2.24) is 0 Å². The first-order chi connectivity index (χ1) is 12.8. The van der Waals surface area contributed by atoms with Crippen LogP contribution in [0.15, 0.2) is 0 Å². The fraction of sp³-hybridized carbons (Fsp3) is 1.00. The van der Waals surface area contributed by atoms with Crippen LogP contribution in [0.25, 0.3) is 0 Å². The number of hydrogen-bond donors (Lipinski definition) is 0. The van der Waals surface area contributed by atoms with Crippen molar-refractivity contribution in [3.8, 4) is 0 Å². The Morgan fingerprint density at radius 3 is 1.81 bits per heavy atom. The molecular weight excluding hydrogens is 320 g/mol. The largest absolute Gasteiger partial charge is 0.376 e. The highest BCUT2D eigenvalue weighted by atomic mass is 16.5. The van der Waals surface area contributed by atoms with Gasteiger partial charge in [-0.1, -0.05) is 45.4 Å². The van der Waals surface area contributed by atoms with Gasteiger partial charge in [0, 0.05) is 6.61 Å². The van der Waals surface area contributed by atoms with Gasteiger partial charge in [-0.15, -0.1) is 0 Å².